The normalized spacial score (nSPS) is 12.7. The third kappa shape index (κ3) is 10.5. The van der Waals surface area contributed by atoms with Crippen molar-refractivity contribution in [2.75, 3.05) is 12.4 Å². The maximum Gasteiger partial charge on any atom is 0.322 e. The lowest BCUT2D eigenvalue weighted by Crippen LogP contribution is -2.06. The molecular weight excluding hydrogens is 232 g/mol. The summed E-state index contributed by atoms with van der Waals surface area (Å²) in [5.41, 5.74) is 0. The van der Waals surface area contributed by atoms with Gasteiger partial charge in [0.2, 0.25) is 0 Å². The molecule has 0 aromatic carbocycles. The third-order valence-corrected chi connectivity index (χ3v) is 4.65. The van der Waals surface area contributed by atoms with Gasteiger partial charge in [0.1, 0.15) is 0 Å². The minimum atomic E-state index is -3.36. The van der Waals surface area contributed by atoms with Crippen molar-refractivity contribution in [1.82, 2.24) is 0 Å². The molecule has 0 rings (SSSR count). The molecule has 0 aliphatic heterocycles. The number of hydrogen-bond donors (Lipinski definition) is 0. The van der Waals surface area contributed by atoms with Gasteiger partial charge in [0, 0.05) is 5.75 Å². The predicted octanol–water partition coefficient (Wildman–Crippen LogP) is 3.07. The zero-order chi connectivity index (χ0) is 11.9. The average molecular weight is 254 g/mol. The monoisotopic (exact) mass is 254 g/mol. The minimum absolute atomic E-state index is 0.300. The van der Waals surface area contributed by atoms with E-state index < -0.39 is 9.15 Å². The van der Waals surface area contributed by atoms with E-state index in [9.17, 15) is 8.42 Å². The molecule has 3 nitrogen and oxygen atoms in total. The van der Waals surface area contributed by atoms with Gasteiger partial charge in [-0.05, 0) is 35.5 Å². The summed E-state index contributed by atoms with van der Waals surface area (Å²) >= 11 is 0. The standard InChI is InChI=1S/C10H22O3S2/c1-9(2)5-7-13-15(11,12)14-8-6-10(3)4/h9-10H,5-8H2,1-4H3. The van der Waals surface area contributed by atoms with Crippen LogP contribution in [0.1, 0.15) is 40.5 Å². The molecule has 0 aliphatic carbocycles. The lowest BCUT2D eigenvalue weighted by atomic mass is 10.2. The topological polar surface area (TPSA) is 43.4 Å². The van der Waals surface area contributed by atoms with E-state index in [1.807, 2.05) is 13.8 Å². The summed E-state index contributed by atoms with van der Waals surface area (Å²) in [7, 11) is -2.45. The smallest absolute Gasteiger partial charge is 0.262 e. The van der Waals surface area contributed by atoms with Gasteiger partial charge in [-0.3, -0.25) is 4.18 Å². The Morgan fingerprint density at radius 1 is 1.07 bits per heavy atom. The van der Waals surface area contributed by atoms with Crippen molar-refractivity contribution in [3.05, 3.63) is 0 Å². The summed E-state index contributed by atoms with van der Waals surface area (Å²) in [5.74, 6) is 1.62. The zero-order valence-electron chi connectivity index (χ0n) is 10.0. The lowest BCUT2D eigenvalue weighted by Gasteiger charge is -2.07. The first-order valence-electron chi connectivity index (χ1n) is 5.37. The van der Waals surface area contributed by atoms with Gasteiger partial charge >= 0.3 is 9.15 Å². The molecule has 0 radical (unpaired) electrons. The number of rotatable bonds is 8. The molecule has 0 heterocycles. The molecule has 15 heavy (non-hydrogen) atoms. The first-order valence-corrected chi connectivity index (χ1v) is 8.28. The molecule has 0 aromatic rings. The molecule has 0 amide bonds. The Morgan fingerprint density at radius 2 is 1.60 bits per heavy atom. The van der Waals surface area contributed by atoms with E-state index in [2.05, 4.69) is 13.8 Å². The van der Waals surface area contributed by atoms with Crippen molar-refractivity contribution in [3.8, 4) is 0 Å². The van der Waals surface area contributed by atoms with Crippen molar-refractivity contribution in [3.63, 3.8) is 0 Å². The van der Waals surface area contributed by atoms with E-state index in [1.165, 1.54) is 0 Å². The molecule has 0 fully saturated rings. The zero-order valence-corrected chi connectivity index (χ0v) is 11.7. The van der Waals surface area contributed by atoms with Crippen LogP contribution in [-0.4, -0.2) is 20.8 Å². The SMILES string of the molecule is CC(C)CCOS(=O)(=O)SCCC(C)C. The van der Waals surface area contributed by atoms with Crippen molar-refractivity contribution in [1.29, 1.82) is 0 Å². The predicted molar refractivity (Wildman–Crippen MR) is 66.2 cm³/mol. The Balaban J connectivity index is 3.68. The minimum Gasteiger partial charge on any atom is -0.262 e. The number of hydrogen-bond acceptors (Lipinski definition) is 4. The van der Waals surface area contributed by atoms with E-state index in [0.29, 0.717) is 24.2 Å². The molecule has 92 valence electrons. The first kappa shape index (κ1) is 15.3. The molecule has 0 bridgehead atoms. The summed E-state index contributed by atoms with van der Waals surface area (Å²) in [4.78, 5) is 0. The second kappa shape index (κ2) is 7.52. The molecule has 0 spiro atoms. The van der Waals surface area contributed by atoms with Gasteiger partial charge in [0.05, 0.1) is 6.61 Å². The van der Waals surface area contributed by atoms with Crippen molar-refractivity contribution in [2.45, 2.75) is 40.5 Å². The Bertz CT molecular complexity index is 225. The molecule has 0 saturated heterocycles. The largest absolute Gasteiger partial charge is 0.322 e. The van der Waals surface area contributed by atoms with Crippen LogP contribution < -0.4 is 0 Å². The second-order valence-electron chi connectivity index (χ2n) is 4.42. The van der Waals surface area contributed by atoms with Gasteiger partial charge in [0.15, 0.2) is 0 Å². The van der Waals surface area contributed by atoms with Crippen LogP contribution in [0.3, 0.4) is 0 Å². The Labute approximate surface area is 97.5 Å². The first-order chi connectivity index (χ1) is 6.83. The highest BCUT2D eigenvalue weighted by Gasteiger charge is 2.12. The molecule has 0 aromatic heterocycles. The molecule has 0 unspecified atom stereocenters. The quantitative estimate of drug-likeness (QED) is 0.624. The summed E-state index contributed by atoms with van der Waals surface area (Å²) in [6.45, 7) is 8.54. The van der Waals surface area contributed by atoms with Gasteiger partial charge in [-0.15, -0.1) is 0 Å². The highest BCUT2D eigenvalue weighted by molar-refractivity contribution is 8.70. The maximum atomic E-state index is 11.3. The maximum absolute atomic E-state index is 11.3. The van der Waals surface area contributed by atoms with Crippen LogP contribution in [-0.2, 0) is 13.3 Å². The van der Waals surface area contributed by atoms with Gasteiger partial charge in [0.25, 0.3) is 0 Å². The van der Waals surface area contributed by atoms with E-state index >= 15 is 0 Å². The van der Waals surface area contributed by atoms with Crippen LogP contribution in [0.5, 0.6) is 0 Å². The van der Waals surface area contributed by atoms with Crippen LogP contribution in [0.15, 0.2) is 0 Å². The molecule has 5 heteroatoms. The Hall–Kier alpha value is 0.260. The molecule has 0 N–H and O–H groups in total. The Kier molecular flexibility index (Phi) is 7.65. The van der Waals surface area contributed by atoms with Crippen LogP contribution >= 0.6 is 10.8 Å². The lowest BCUT2D eigenvalue weighted by molar-refractivity contribution is 0.301. The van der Waals surface area contributed by atoms with Gasteiger partial charge in [-0.2, -0.15) is 8.42 Å². The highest BCUT2D eigenvalue weighted by Crippen LogP contribution is 2.18. The Morgan fingerprint density at radius 3 is 2.07 bits per heavy atom. The van der Waals surface area contributed by atoms with E-state index in [1.54, 1.807) is 0 Å². The van der Waals surface area contributed by atoms with E-state index in [-0.39, 0.29) is 0 Å². The van der Waals surface area contributed by atoms with E-state index in [4.69, 9.17) is 4.18 Å². The average Bonchev–Trinajstić information content (AvgIpc) is 2.01. The fourth-order valence-corrected chi connectivity index (χ4v) is 3.26. The van der Waals surface area contributed by atoms with Gasteiger partial charge in [-0.1, -0.05) is 27.7 Å². The molecule has 0 saturated carbocycles. The molecular formula is C10H22O3S2. The van der Waals surface area contributed by atoms with Crippen molar-refractivity contribution in [2.24, 2.45) is 11.8 Å². The van der Waals surface area contributed by atoms with Crippen LogP contribution in [0.4, 0.5) is 0 Å². The van der Waals surface area contributed by atoms with Gasteiger partial charge in [-0.25, -0.2) is 0 Å². The highest BCUT2D eigenvalue weighted by atomic mass is 33.1. The fourth-order valence-electron chi connectivity index (χ4n) is 0.806. The van der Waals surface area contributed by atoms with Crippen LogP contribution in [0.2, 0.25) is 0 Å². The second-order valence-corrected chi connectivity index (χ2v) is 8.05. The van der Waals surface area contributed by atoms with Crippen LogP contribution in [0, 0.1) is 11.8 Å². The third-order valence-electron chi connectivity index (χ3n) is 1.85. The summed E-state index contributed by atoms with van der Waals surface area (Å²) in [6.07, 6.45) is 1.68. The summed E-state index contributed by atoms with van der Waals surface area (Å²) in [6, 6.07) is 0. The van der Waals surface area contributed by atoms with Crippen LogP contribution in [0.25, 0.3) is 0 Å². The molecule has 0 aliphatic rings. The fraction of sp³-hybridized carbons (Fsp3) is 1.00. The van der Waals surface area contributed by atoms with Gasteiger partial charge < -0.3 is 0 Å². The van der Waals surface area contributed by atoms with Crippen molar-refractivity contribution < 1.29 is 12.6 Å². The van der Waals surface area contributed by atoms with E-state index in [0.717, 1.165) is 23.6 Å². The molecule has 0 atom stereocenters. The summed E-state index contributed by atoms with van der Waals surface area (Å²) < 4.78 is 27.5. The summed E-state index contributed by atoms with van der Waals surface area (Å²) in [5, 5.41) is 0. The van der Waals surface area contributed by atoms with Crippen molar-refractivity contribution >= 4 is 19.9 Å².